The van der Waals surface area contributed by atoms with Crippen LogP contribution in [-0.2, 0) is 11.2 Å². The monoisotopic (exact) mass is 457 g/mol. The largest absolute Gasteiger partial charge is 0.342 e. The number of amides is 1. The summed E-state index contributed by atoms with van der Waals surface area (Å²) < 4.78 is 0. The van der Waals surface area contributed by atoms with E-state index in [1.54, 1.807) is 12.3 Å². The Balaban J connectivity index is 1.46. The van der Waals surface area contributed by atoms with Crippen LogP contribution in [0.3, 0.4) is 0 Å². The third kappa shape index (κ3) is 4.99. The van der Waals surface area contributed by atoms with Crippen LogP contribution in [0, 0.1) is 0 Å². The Kier molecular flexibility index (Phi) is 6.39. The van der Waals surface area contributed by atoms with E-state index < -0.39 is 6.04 Å². The van der Waals surface area contributed by atoms with Crippen molar-refractivity contribution in [3.63, 3.8) is 0 Å². The van der Waals surface area contributed by atoms with E-state index in [2.05, 4.69) is 10.3 Å². The maximum absolute atomic E-state index is 13.3. The molecule has 5 rings (SSSR count). The lowest BCUT2D eigenvalue weighted by Crippen LogP contribution is -2.37. The third-order valence-electron chi connectivity index (χ3n) is 5.92. The molecule has 0 radical (unpaired) electrons. The number of hydrogen-bond acceptors (Lipinski definition) is 4. The molecule has 0 spiro atoms. The molecule has 0 aliphatic rings. The highest BCUT2D eigenvalue weighted by Gasteiger charge is 2.18. The van der Waals surface area contributed by atoms with Crippen molar-refractivity contribution in [1.82, 2.24) is 15.3 Å². The molecule has 1 atom stereocenters. The summed E-state index contributed by atoms with van der Waals surface area (Å²) in [5.41, 5.74) is 5.86. The highest BCUT2D eigenvalue weighted by atomic mass is 16.2. The van der Waals surface area contributed by atoms with E-state index in [9.17, 15) is 9.59 Å². The predicted molar refractivity (Wildman–Crippen MR) is 138 cm³/mol. The Morgan fingerprint density at radius 2 is 1.57 bits per heavy atom. The number of aldehydes is 1. The minimum absolute atomic E-state index is 0.301. The van der Waals surface area contributed by atoms with E-state index >= 15 is 0 Å². The molecule has 2 aromatic heterocycles. The number of fused-ring (bicyclic) bond motifs is 1. The number of carbonyl (C=O) groups excluding carboxylic acids is 2. The molecule has 0 bridgehead atoms. The van der Waals surface area contributed by atoms with Crippen molar-refractivity contribution >= 4 is 23.1 Å². The lowest BCUT2D eigenvalue weighted by Gasteiger charge is -2.15. The van der Waals surface area contributed by atoms with E-state index in [1.807, 2.05) is 97.2 Å². The maximum Gasteiger partial charge on any atom is 0.252 e. The van der Waals surface area contributed by atoms with Gasteiger partial charge in [0, 0.05) is 23.3 Å². The zero-order valence-corrected chi connectivity index (χ0v) is 19.0. The number of carbonyl (C=O) groups is 2. The maximum atomic E-state index is 13.3. The third-order valence-corrected chi connectivity index (χ3v) is 5.92. The Labute approximate surface area is 203 Å². The molecule has 0 aliphatic heterocycles. The first kappa shape index (κ1) is 22.2. The summed E-state index contributed by atoms with van der Waals surface area (Å²) in [4.78, 5) is 34.1. The van der Waals surface area contributed by atoms with E-state index in [0.717, 1.165) is 39.4 Å². The van der Waals surface area contributed by atoms with Gasteiger partial charge in [-0.15, -0.1) is 0 Å². The predicted octanol–water partition coefficient (Wildman–Crippen LogP) is 5.50. The average molecular weight is 458 g/mol. The van der Waals surface area contributed by atoms with E-state index in [1.165, 1.54) is 0 Å². The SMILES string of the molecule is O=C[C@H](Cc1ccccc1)NC(=O)c1cc(-c2ccc(-c3cccnc3)cc2)nc2ccccc12. The average Bonchev–Trinajstić information content (AvgIpc) is 2.93. The highest BCUT2D eigenvalue weighted by Crippen LogP contribution is 2.27. The van der Waals surface area contributed by atoms with Crippen LogP contribution in [0.15, 0.2) is 109 Å². The summed E-state index contributed by atoms with van der Waals surface area (Å²) in [5.74, 6) is -0.301. The van der Waals surface area contributed by atoms with E-state index in [-0.39, 0.29) is 5.91 Å². The fraction of sp³-hybridized carbons (Fsp3) is 0.0667. The van der Waals surface area contributed by atoms with Crippen molar-refractivity contribution in [1.29, 1.82) is 0 Å². The van der Waals surface area contributed by atoms with Crippen LogP contribution >= 0.6 is 0 Å². The van der Waals surface area contributed by atoms with E-state index in [4.69, 9.17) is 4.98 Å². The molecule has 170 valence electrons. The van der Waals surface area contributed by atoms with Crippen LogP contribution in [-0.4, -0.2) is 28.2 Å². The van der Waals surface area contributed by atoms with Gasteiger partial charge in [0.05, 0.1) is 22.8 Å². The van der Waals surface area contributed by atoms with Crippen molar-refractivity contribution in [2.45, 2.75) is 12.5 Å². The molecule has 5 heteroatoms. The molecule has 0 saturated heterocycles. The number of pyridine rings is 2. The van der Waals surface area contributed by atoms with Gasteiger partial charge in [0.15, 0.2) is 0 Å². The molecule has 35 heavy (non-hydrogen) atoms. The quantitative estimate of drug-likeness (QED) is 0.328. The zero-order chi connectivity index (χ0) is 24.0. The summed E-state index contributed by atoms with van der Waals surface area (Å²) in [5, 5.41) is 3.63. The first-order chi connectivity index (χ1) is 17.2. The molecular formula is C30H23N3O2. The number of benzene rings is 3. The molecule has 3 aromatic carbocycles. The van der Waals surface area contributed by atoms with Gasteiger partial charge in [-0.3, -0.25) is 9.78 Å². The second kappa shape index (κ2) is 10.1. The van der Waals surface area contributed by atoms with Gasteiger partial charge >= 0.3 is 0 Å². The first-order valence-corrected chi connectivity index (χ1v) is 11.4. The number of para-hydroxylation sites is 1. The molecule has 0 fully saturated rings. The minimum atomic E-state index is -0.626. The second-order valence-electron chi connectivity index (χ2n) is 8.30. The highest BCUT2D eigenvalue weighted by molar-refractivity contribution is 6.07. The van der Waals surface area contributed by atoms with Gasteiger partial charge in [-0.25, -0.2) is 4.98 Å². The summed E-state index contributed by atoms with van der Waals surface area (Å²) >= 11 is 0. The van der Waals surface area contributed by atoms with E-state index in [0.29, 0.717) is 17.7 Å². The number of nitrogens with zero attached hydrogens (tertiary/aromatic N) is 2. The number of aromatic nitrogens is 2. The van der Waals surface area contributed by atoms with Gasteiger partial charge < -0.3 is 10.1 Å². The first-order valence-electron chi connectivity index (χ1n) is 11.4. The van der Waals surface area contributed by atoms with Gasteiger partial charge in [-0.1, -0.05) is 78.9 Å². The Hall–Kier alpha value is -4.64. The smallest absolute Gasteiger partial charge is 0.252 e. The van der Waals surface area contributed by atoms with Crippen molar-refractivity contribution in [2.24, 2.45) is 0 Å². The van der Waals surface area contributed by atoms with Crippen molar-refractivity contribution in [3.05, 3.63) is 121 Å². The summed E-state index contributed by atoms with van der Waals surface area (Å²) in [6.07, 6.45) is 4.79. The van der Waals surface area contributed by atoms with Crippen molar-refractivity contribution < 1.29 is 9.59 Å². The van der Waals surface area contributed by atoms with Gasteiger partial charge in [0.2, 0.25) is 0 Å². The number of hydrogen-bond donors (Lipinski definition) is 1. The second-order valence-corrected chi connectivity index (χ2v) is 8.30. The van der Waals surface area contributed by atoms with Crippen LogP contribution in [0.2, 0.25) is 0 Å². The van der Waals surface area contributed by atoms with Gasteiger partial charge in [0.1, 0.15) is 6.29 Å². The Morgan fingerprint density at radius 1 is 0.829 bits per heavy atom. The van der Waals surface area contributed by atoms with Crippen molar-refractivity contribution in [2.75, 3.05) is 0 Å². The van der Waals surface area contributed by atoms with Crippen LogP contribution in [0.4, 0.5) is 0 Å². The Morgan fingerprint density at radius 3 is 2.31 bits per heavy atom. The number of nitrogens with one attached hydrogen (secondary N) is 1. The number of rotatable bonds is 7. The summed E-state index contributed by atoms with van der Waals surface area (Å²) in [6, 6.07) is 30.3. The van der Waals surface area contributed by atoms with Gasteiger partial charge in [-0.05, 0) is 41.3 Å². The minimum Gasteiger partial charge on any atom is -0.342 e. The zero-order valence-electron chi connectivity index (χ0n) is 19.0. The lowest BCUT2D eigenvalue weighted by atomic mass is 10.0. The summed E-state index contributed by atoms with van der Waals surface area (Å²) in [7, 11) is 0. The van der Waals surface area contributed by atoms with Crippen LogP contribution in [0.25, 0.3) is 33.3 Å². The molecular weight excluding hydrogens is 434 g/mol. The van der Waals surface area contributed by atoms with Crippen LogP contribution < -0.4 is 5.32 Å². The van der Waals surface area contributed by atoms with Crippen molar-refractivity contribution in [3.8, 4) is 22.4 Å². The molecule has 1 amide bonds. The molecule has 1 N–H and O–H groups in total. The standard InChI is InChI=1S/C30H23N3O2/c34-20-25(17-21-7-2-1-3-8-21)32-30(35)27-18-29(33-28-11-5-4-10-26(27)28)23-14-12-22(13-15-23)24-9-6-16-31-19-24/h1-16,18-20,25H,17H2,(H,32,35)/t25-/m0/s1. The molecule has 5 aromatic rings. The van der Waals surface area contributed by atoms with Crippen LogP contribution in [0.1, 0.15) is 15.9 Å². The topological polar surface area (TPSA) is 72.0 Å². The molecule has 0 saturated carbocycles. The fourth-order valence-corrected chi connectivity index (χ4v) is 4.13. The lowest BCUT2D eigenvalue weighted by molar-refractivity contribution is -0.109. The summed E-state index contributed by atoms with van der Waals surface area (Å²) in [6.45, 7) is 0. The normalized spacial score (nSPS) is 11.7. The van der Waals surface area contributed by atoms with Gasteiger partial charge in [-0.2, -0.15) is 0 Å². The van der Waals surface area contributed by atoms with Crippen LogP contribution in [0.5, 0.6) is 0 Å². The molecule has 0 unspecified atom stereocenters. The molecule has 2 heterocycles. The Bertz CT molecular complexity index is 1470. The molecule has 5 nitrogen and oxygen atoms in total. The fourth-order valence-electron chi connectivity index (χ4n) is 4.13. The molecule has 0 aliphatic carbocycles. The van der Waals surface area contributed by atoms with Gasteiger partial charge in [0.25, 0.3) is 5.91 Å².